The number of aryl methyl sites for hydroxylation is 1. The molecule has 0 unspecified atom stereocenters. The lowest BCUT2D eigenvalue weighted by Gasteiger charge is -2.24. The van der Waals surface area contributed by atoms with Crippen molar-refractivity contribution >= 4 is 5.91 Å². The van der Waals surface area contributed by atoms with Crippen molar-refractivity contribution in [3.8, 4) is 5.75 Å². The van der Waals surface area contributed by atoms with Gasteiger partial charge in [-0.1, -0.05) is 36.4 Å². The first-order valence-electron chi connectivity index (χ1n) is 7.42. The Balaban J connectivity index is 2.08. The first kappa shape index (κ1) is 16.1. The van der Waals surface area contributed by atoms with Crippen LogP contribution in [0.2, 0.25) is 0 Å². The SMILES string of the molecule is COc1ccc(C(C)(C)C(=O)NCc2ccccc2C)cc1. The van der Waals surface area contributed by atoms with Gasteiger partial charge >= 0.3 is 0 Å². The number of rotatable bonds is 5. The zero-order valence-corrected chi connectivity index (χ0v) is 13.6. The van der Waals surface area contributed by atoms with Crippen molar-refractivity contribution in [3.05, 3.63) is 65.2 Å². The summed E-state index contributed by atoms with van der Waals surface area (Å²) in [6.07, 6.45) is 0. The van der Waals surface area contributed by atoms with Crippen LogP contribution in [0, 0.1) is 6.92 Å². The molecule has 0 aromatic heterocycles. The second-order valence-corrected chi connectivity index (χ2v) is 5.96. The molecule has 3 heteroatoms. The highest BCUT2D eigenvalue weighted by molar-refractivity contribution is 5.87. The standard InChI is InChI=1S/C19H23NO2/c1-14-7-5-6-8-15(14)13-20-18(21)19(2,3)16-9-11-17(22-4)12-10-16/h5-12H,13H2,1-4H3,(H,20,21). The van der Waals surface area contributed by atoms with Crippen LogP contribution in [0.15, 0.2) is 48.5 Å². The summed E-state index contributed by atoms with van der Waals surface area (Å²) in [5.41, 5.74) is 2.71. The molecule has 0 spiro atoms. The van der Waals surface area contributed by atoms with E-state index in [1.807, 2.05) is 56.3 Å². The fourth-order valence-electron chi connectivity index (χ4n) is 2.34. The fourth-order valence-corrected chi connectivity index (χ4v) is 2.34. The average molecular weight is 297 g/mol. The second-order valence-electron chi connectivity index (χ2n) is 5.96. The molecule has 0 heterocycles. The summed E-state index contributed by atoms with van der Waals surface area (Å²) in [7, 11) is 1.63. The highest BCUT2D eigenvalue weighted by Gasteiger charge is 2.29. The number of nitrogens with one attached hydrogen (secondary N) is 1. The van der Waals surface area contributed by atoms with Gasteiger partial charge in [0, 0.05) is 6.54 Å². The minimum Gasteiger partial charge on any atom is -0.497 e. The van der Waals surface area contributed by atoms with E-state index in [0.29, 0.717) is 6.54 Å². The molecule has 0 radical (unpaired) electrons. The summed E-state index contributed by atoms with van der Waals surface area (Å²) in [6, 6.07) is 15.7. The molecular weight excluding hydrogens is 274 g/mol. The molecule has 0 saturated heterocycles. The molecule has 0 aliphatic carbocycles. The molecule has 22 heavy (non-hydrogen) atoms. The molecule has 2 aromatic carbocycles. The van der Waals surface area contributed by atoms with Crippen LogP contribution in [0.5, 0.6) is 5.75 Å². The monoisotopic (exact) mass is 297 g/mol. The normalized spacial score (nSPS) is 11.1. The summed E-state index contributed by atoms with van der Waals surface area (Å²) in [5.74, 6) is 0.806. The van der Waals surface area contributed by atoms with Gasteiger partial charge in [-0.05, 0) is 49.6 Å². The van der Waals surface area contributed by atoms with E-state index in [1.54, 1.807) is 7.11 Å². The Morgan fingerprint density at radius 1 is 1.09 bits per heavy atom. The third-order valence-electron chi connectivity index (χ3n) is 4.08. The van der Waals surface area contributed by atoms with Crippen LogP contribution in [0.4, 0.5) is 0 Å². The summed E-state index contributed by atoms with van der Waals surface area (Å²) in [4.78, 5) is 12.6. The second kappa shape index (κ2) is 6.65. The van der Waals surface area contributed by atoms with E-state index >= 15 is 0 Å². The molecule has 0 saturated carbocycles. The summed E-state index contributed by atoms with van der Waals surface area (Å²) in [6.45, 7) is 6.46. The number of amides is 1. The van der Waals surface area contributed by atoms with E-state index in [2.05, 4.69) is 18.3 Å². The Bertz CT molecular complexity index is 645. The van der Waals surface area contributed by atoms with E-state index in [4.69, 9.17) is 4.74 Å². The molecular formula is C19H23NO2. The number of methoxy groups -OCH3 is 1. The smallest absolute Gasteiger partial charge is 0.230 e. The minimum absolute atomic E-state index is 0.0147. The first-order valence-corrected chi connectivity index (χ1v) is 7.42. The summed E-state index contributed by atoms with van der Waals surface area (Å²) in [5, 5.41) is 3.04. The van der Waals surface area contributed by atoms with Gasteiger partial charge in [0.1, 0.15) is 5.75 Å². The van der Waals surface area contributed by atoms with Gasteiger partial charge in [0.25, 0.3) is 0 Å². The van der Waals surface area contributed by atoms with Gasteiger partial charge in [0.2, 0.25) is 5.91 Å². The van der Waals surface area contributed by atoms with Gasteiger partial charge in [-0.25, -0.2) is 0 Å². The van der Waals surface area contributed by atoms with Crippen LogP contribution in [0.3, 0.4) is 0 Å². The van der Waals surface area contributed by atoms with Crippen molar-refractivity contribution in [1.82, 2.24) is 5.32 Å². The number of carbonyl (C=O) groups is 1. The quantitative estimate of drug-likeness (QED) is 0.915. The molecule has 2 aromatic rings. The average Bonchev–Trinajstić information content (AvgIpc) is 2.53. The van der Waals surface area contributed by atoms with Crippen molar-refractivity contribution < 1.29 is 9.53 Å². The summed E-state index contributed by atoms with van der Waals surface area (Å²) < 4.78 is 5.16. The molecule has 1 amide bonds. The predicted octanol–water partition coefficient (Wildman–Crippen LogP) is 3.60. The number of benzene rings is 2. The van der Waals surface area contributed by atoms with Gasteiger partial charge in [0.05, 0.1) is 12.5 Å². The van der Waals surface area contributed by atoms with Crippen molar-refractivity contribution in [2.24, 2.45) is 0 Å². The first-order chi connectivity index (χ1) is 10.4. The van der Waals surface area contributed by atoms with Gasteiger partial charge in [-0.3, -0.25) is 4.79 Å². The fraction of sp³-hybridized carbons (Fsp3) is 0.316. The molecule has 0 aliphatic heterocycles. The van der Waals surface area contributed by atoms with Crippen LogP contribution in [-0.2, 0) is 16.8 Å². The molecule has 2 rings (SSSR count). The lowest BCUT2D eigenvalue weighted by Crippen LogP contribution is -2.39. The largest absolute Gasteiger partial charge is 0.497 e. The van der Waals surface area contributed by atoms with Crippen molar-refractivity contribution in [1.29, 1.82) is 0 Å². The van der Waals surface area contributed by atoms with Crippen molar-refractivity contribution in [3.63, 3.8) is 0 Å². The molecule has 3 nitrogen and oxygen atoms in total. The van der Waals surface area contributed by atoms with Gasteiger partial charge in [-0.2, -0.15) is 0 Å². The topological polar surface area (TPSA) is 38.3 Å². The van der Waals surface area contributed by atoms with Gasteiger partial charge in [0.15, 0.2) is 0 Å². The lowest BCUT2D eigenvalue weighted by atomic mass is 9.83. The van der Waals surface area contributed by atoms with E-state index in [1.165, 1.54) is 5.56 Å². The molecule has 0 bridgehead atoms. The van der Waals surface area contributed by atoms with Crippen LogP contribution in [0.25, 0.3) is 0 Å². The third kappa shape index (κ3) is 3.48. The Morgan fingerprint density at radius 2 is 1.73 bits per heavy atom. The van der Waals surface area contributed by atoms with Crippen LogP contribution >= 0.6 is 0 Å². The van der Waals surface area contributed by atoms with Crippen molar-refractivity contribution in [2.45, 2.75) is 32.7 Å². The highest BCUT2D eigenvalue weighted by atomic mass is 16.5. The van der Waals surface area contributed by atoms with E-state index < -0.39 is 5.41 Å². The zero-order chi connectivity index (χ0) is 16.2. The summed E-state index contributed by atoms with van der Waals surface area (Å²) >= 11 is 0. The third-order valence-corrected chi connectivity index (χ3v) is 4.08. The van der Waals surface area contributed by atoms with Gasteiger partial charge < -0.3 is 10.1 Å². The Hall–Kier alpha value is -2.29. The Morgan fingerprint density at radius 3 is 2.32 bits per heavy atom. The maximum absolute atomic E-state index is 12.6. The van der Waals surface area contributed by atoms with E-state index in [9.17, 15) is 4.79 Å². The number of hydrogen-bond acceptors (Lipinski definition) is 2. The lowest BCUT2D eigenvalue weighted by molar-refractivity contribution is -0.125. The Labute approximate surface area is 132 Å². The van der Waals surface area contributed by atoms with Crippen LogP contribution < -0.4 is 10.1 Å². The highest BCUT2D eigenvalue weighted by Crippen LogP contribution is 2.25. The minimum atomic E-state index is -0.588. The van der Waals surface area contributed by atoms with Crippen LogP contribution in [-0.4, -0.2) is 13.0 Å². The predicted molar refractivity (Wildman–Crippen MR) is 89.0 cm³/mol. The molecule has 0 aliphatic rings. The van der Waals surface area contributed by atoms with E-state index in [0.717, 1.165) is 16.9 Å². The zero-order valence-electron chi connectivity index (χ0n) is 13.6. The molecule has 1 N–H and O–H groups in total. The van der Waals surface area contributed by atoms with E-state index in [-0.39, 0.29) is 5.91 Å². The molecule has 0 fully saturated rings. The number of ether oxygens (including phenoxy) is 1. The van der Waals surface area contributed by atoms with Crippen molar-refractivity contribution in [2.75, 3.05) is 7.11 Å². The maximum atomic E-state index is 12.6. The molecule has 0 atom stereocenters. The number of carbonyl (C=O) groups excluding carboxylic acids is 1. The maximum Gasteiger partial charge on any atom is 0.230 e. The molecule has 116 valence electrons. The van der Waals surface area contributed by atoms with Crippen LogP contribution in [0.1, 0.15) is 30.5 Å². The Kier molecular flexibility index (Phi) is 4.86. The number of hydrogen-bond donors (Lipinski definition) is 1. The van der Waals surface area contributed by atoms with Gasteiger partial charge in [-0.15, -0.1) is 0 Å².